The van der Waals surface area contributed by atoms with E-state index in [-0.39, 0.29) is 17.7 Å². The molecule has 120 valence electrons. The van der Waals surface area contributed by atoms with Crippen LogP contribution in [0.2, 0.25) is 0 Å². The van der Waals surface area contributed by atoms with E-state index in [2.05, 4.69) is 17.1 Å². The number of ether oxygens (including phenoxy) is 2. The molecule has 1 aromatic carbocycles. The van der Waals surface area contributed by atoms with Crippen molar-refractivity contribution in [2.24, 2.45) is 5.92 Å². The van der Waals surface area contributed by atoms with Gasteiger partial charge in [0.25, 0.3) is 11.6 Å². The molecule has 0 N–H and O–H groups in total. The summed E-state index contributed by atoms with van der Waals surface area (Å²) in [5.41, 5.74) is 1.67. The van der Waals surface area contributed by atoms with E-state index in [0.717, 1.165) is 19.4 Å². The Morgan fingerprint density at radius 2 is 2.13 bits per heavy atom. The number of aryl methyl sites for hydroxylation is 1. The fourth-order valence-corrected chi connectivity index (χ4v) is 3.56. The molecule has 3 atom stereocenters. The molecule has 2 aromatic rings. The van der Waals surface area contributed by atoms with E-state index >= 15 is 0 Å². The summed E-state index contributed by atoms with van der Waals surface area (Å²) in [6.45, 7) is 3.19. The van der Waals surface area contributed by atoms with Gasteiger partial charge in [-0.3, -0.25) is 9.36 Å². The molecule has 0 amide bonds. The largest absolute Gasteiger partial charge is 0.459 e. The molecule has 1 aliphatic carbocycles. The second-order valence-electron chi connectivity index (χ2n) is 6.48. The lowest BCUT2D eigenvalue weighted by Gasteiger charge is -2.13. The van der Waals surface area contributed by atoms with Gasteiger partial charge in [0.2, 0.25) is 0 Å². The monoisotopic (exact) mass is 312 g/mol. The van der Waals surface area contributed by atoms with Gasteiger partial charge >= 0.3 is 0 Å². The summed E-state index contributed by atoms with van der Waals surface area (Å²) < 4.78 is 13.8. The first-order valence-electron chi connectivity index (χ1n) is 8.09. The normalized spacial score (nSPS) is 25.0. The second kappa shape index (κ2) is 5.81. The van der Waals surface area contributed by atoms with E-state index in [9.17, 15) is 4.79 Å². The van der Waals surface area contributed by atoms with Crippen LogP contribution in [0.25, 0.3) is 0 Å². The van der Waals surface area contributed by atoms with Crippen molar-refractivity contribution in [3.8, 4) is 6.01 Å². The quantitative estimate of drug-likeness (QED) is 0.870. The fourth-order valence-electron chi connectivity index (χ4n) is 3.56. The van der Waals surface area contributed by atoms with Crippen molar-refractivity contribution in [1.29, 1.82) is 0 Å². The summed E-state index contributed by atoms with van der Waals surface area (Å²) in [6, 6.07) is 11.0. The SMILES string of the molecule is Cc1cn2c(nc1=O)O[C@H]1C[C@@H](COCc3ccccc3)C[C@H]12. The first kappa shape index (κ1) is 14.5. The number of rotatable bonds is 4. The number of benzene rings is 1. The van der Waals surface area contributed by atoms with Crippen LogP contribution in [0.4, 0.5) is 0 Å². The molecule has 0 saturated heterocycles. The summed E-state index contributed by atoms with van der Waals surface area (Å²) in [4.78, 5) is 15.6. The lowest BCUT2D eigenvalue weighted by Crippen LogP contribution is -2.15. The number of hydrogen-bond acceptors (Lipinski definition) is 4. The summed E-state index contributed by atoms with van der Waals surface area (Å²) in [7, 11) is 0. The standard InChI is InChI=1S/C18H20N2O3/c1-12-9-20-15-7-14(8-16(15)23-18(20)19-17(12)21)11-22-10-13-5-3-2-4-6-13/h2-6,9,14-16H,7-8,10-11H2,1H3/t14-,15+,16-/m0/s1. The Kier molecular flexibility index (Phi) is 3.65. The highest BCUT2D eigenvalue weighted by Gasteiger charge is 2.43. The Hall–Kier alpha value is -2.14. The third-order valence-corrected chi connectivity index (χ3v) is 4.74. The molecule has 2 aliphatic rings. The molecule has 0 radical (unpaired) electrons. The highest BCUT2D eigenvalue weighted by atomic mass is 16.5. The van der Waals surface area contributed by atoms with E-state index in [4.69, 9.17) is 9.47 Å². The van der Waals surface area contributed by atoms with Gasteiger partial charge in [-0.05, 0) is 31.2 Å². The van der Waals surface area contributed by atoms with Crippen LogP contribution in [-0.2, 0) is 11.3 Å². The molecule has 0 unspecified atom stereocenters. The first-order chi connectivity index (χ1) is 11.2. The number of aromatic nitrogens is 2. The van der Waals surface area contributed by atoms with E-state index in [1.54, 1.807) is 6.92 Å². The van der Waals surface area contributed by atoms with Gasteiger partial charge < -0.3 is 9.47 Å². The van der Waals surface area contributed by atoms with Crippen molar-refractivity contribution in [2.75, 3.05) is 6.61 Å². The Balaban J connectivity index is 1.37. The number of nitrogens with zero attached hydrogens (tertiary/aromatic N) is 2. The van der Waals surface area contributed by atoms with Crippen LogP contribution in [-0.4, -0.2) is 22.3 Å². The van der Waals surface area contributed by atoms with Crippen molar-refractivity contribution in [2.45, 2.75) is 38.5 Å². The molecule has 1 fully saturated rings. The van der Waals surface area contributed by atoms with Gasteiger partial charge in [-0.2, -0.15) is 4.98 Å². The Labute approximate surface area is 134 Å². The van der Waals surface area contributed by atoms with Crippen molar-refractivity contribution in [1.82, 2.24) is 9.55 Å². The summed E-state index contributed by atoms with van der Waals surface area (Å²) in [5, 5.41) is 0. The van der Waals surface area contributed by atoms with Crippen LogP contribution >= 0.6 is 0 Å². The van der Waals surface area contributed by atoms with Gasteiger partial charge in [0, 0.05) is 11.8 Å². The maximum Gasteiger partial charge on any atom is 0.300 e. The molecule has 1 aromatic heterocycles. The highest BCUT2D eigenvalue weighted by molar-refractivity contribution is 5.16. The van der Waals surface area contributed by atoms with Gasteiger partial charge in [-0.15, -0.1) is 0 Å². The summed E-state index contributed by atoms with van der Waals surface area (Å²) >= 11 is 0. The van der Waals surface area contributed by atoms with E-state index in [0.29, 0.717) is 24.1 Å². The zero-order chi connectivity index (χ0) is 15.8. The molecule has 1 aliphatic heterocycles. The summed E-state index contributed by atoms with van der Waals surface area (Å²) in [5.74, 6) is 0.488. The Bertz CT molecular complexity index is 757. The van der Waals surface area contributed by atoms with Crippen molar-refractivity contribution in [3.05, 3.63) is 58.0 Å². The highest BCUT2D eigenvalue weighted by Crippen LogP contribution is 2.43. The van der Waals surface area contributed by atoms with Gasteiger partial charge in [-0.1, -0.05) is 30.3 Å². The van der Waals surface area contributed by atoms with Crippen LogP contribution in [0, 0.1) is 12.8 Å². The lowest BCUT2D eigenvalue weighted by atomic mass is 10.1. The molecule has 0 bridgehead atoms. The zero-order valence-electron chi connectivity index (χ0n) is 13.1. The molecule has 5 nitrogen and oxygen atoms in total. The number of fused-ring (bicyclic) bond motifs is 3. The molecule has 2 heterocycles. The molecular formula is C18H20N2O3. The van der Waals surface area contributed by atoms with E-state index in [1.807, 2.05) is 29.0 Å². The minimum atomic E-state index is -0.195. The predicted molar refractivity (Wildman–Crippen MR) is 85.5 cm³/mol. The second-order valence-corrected chi connectivity index (χ2v) is 6.48. The van der Waals surface area contributed by atoms with Gasteiger partial charge in [0.1, 0.15) is 6.10 Å². The van der Waals surface area contributed by atoms with Crippen LogP contribution in [0.5, 0.6) is 6.01 Å². The average Bonchev–Trinajstić information content (AvgIpc) is 3.07. The number of hydrogen-bond donors (Lipinski definition) is 0. The van der Waals surface area contributed by atoms with Gasteiger partial charge in [-0.25, -0.2) is 0 Å². The summed E-state index contributed by atoms with van der Waals surface area (Å²) in [6.07, 6.45) is 3.96. The first-order valence-corrected chi connectivity index (χ1v) is 8.09. The van der Waals surface area contributed by atoms with Crippen molar-refractivity contribution in [3.63, 3.8) is 0 Å². The minimum Gasteiger partial charge on any atom is -0.459 e. The van der Waals surface area contributed by atoms with Gasteiger partial charge in [0.15, 0.2) is 0 Å². The fraction of sp³-hybridized carbons (Fsp3) is 0.444. The van der Waals surface area contributed by atoms with Crippen LogP contribution in [0.1, 0.15) is 30.0 Å². The van der Waals surface area contributed by atoms with Gasteiger partial charge in [0.05, 0.1) is 19.3 Å². The third-order valence-electron chi connectivity index (χ3n) is 4.74. The maximum atomic E-state index is 11.6. The lowest BCUT2D eigenvalue weighted by molar-refractivity contribution is 0.0830. The van der Waals surface area contributed by atoms with Crippen molar-refractivity contribution < 1.29 is 9.47 Å². The molecule has 0 spiro atoms. The molecule has 4 rings (SSSR count). The smallest absolute Gasteiger partial charge is 0.300 e. The molecule has 23 heavy (non-hydrogen) atoms. The predicted octanol–water partition coefficient (Wildman–Crippen LogP) is 2.48. The molecular weight excluding hydrogens is 292 g/mol. The van der Waals surface area contributed by atoms with Crippen LogP contribution in [0.15, 0.2) is 41.3 Å². The van der Waals surface area contributed by atoms with E-state index < -0.39 is 0 Å². The van der Waals surface area contributed by atoms with Crippen LogP contribution < -0.4 is 10.3 Å². The molecule has 1 saturated carbocycles. The minimum absolute atomic E-state index is 0.119. The zero-order valence-corrected chi connectivity index (χ0v) is 13.1. The Morgan fingerprint density at radius 1 is 1.30 bits per heavy atom. The maximum absolute atomic E-state index is 11.6. The average molecular weight is 312 g/mol. The Morgan fingerprint density at radius 3 is 2.96 bits per heavy atom. The van der Waals surface area contributed by atoms with Crippen molar-refractivity contribution >= 4 is 0 Å². The third kappa shape index (κ3) is 2.77. The van der Waals surface area contributed by atoms with E-state index in [1.165, 1.54) is 5.56 Å². The molecule has 5 heteroatoms. The van der Waals surface area contributed by atoms with Crippen LogP contribution in [0.3, 0.4) is 0 Å². The topological polar surface area (TPSA) is 53.4 Å².